The van der Waals surface area contributed by atoms with Gasteiger partial charge in [0.2, 0.25) is 5.82 Å². The zero-order valence-corrected chi connectivity index (χ0v) is 16.7. The molecule has 1 fully saturated rings. The van der Waals surface area contributed by atoms with Crippen molar-refractivity contribution in [2.45, 2.75) is 19.5 Å². The van der Waals surface area contributed by atoms with Crippen LogP contribution in [0.15, 0.2) is 54.6 Å². The molecule has 5 rings (SSSR count). The van der Waals surface area contributed by atoms with E-state index in [9.17, 15) is 4.79 Å². The van der Waals surface area contributed by atoms with Gasteiger partial charge >= 0.3 is 0 Å². The van der Waals surface area contributed by atoms with Crippen LogP contribution in [-0.2, 0) is 19.5 Å². The van der Waals surface area contributed by atoms with Crippen molar-refractivity contribution in [3.63, 3.8) is 0 Å². The Morgan fingerprint density at radius 3 is 2.59 bits per heavy atom. The van der Waals surface area contributed by atoms with Crippen molar-refractivity contribution in [2.75, 3.05) is 18.4 Å². The molecule has 2 aliphatic rings. The topological polar surface area (TPSA) is 63.1 Å². The summed E-state index contributed by atoms with van der Waals surface area (Å²) in [4.78, 5) is 15.2. The summed E-state index contributed by atoms with van der Waals surface area (Å²) >= 11 is 6.34. The van der Waals surface area contributed by atoms with Crippen molar-refractivity contribution >= 4 is 23.2 Å². The van der Waals surface area contributed by atoms with Gasteiger partial charge in [0.1, 0.15) is 5.82 Å². The minimum atomic E-state index is -0.209. The molecule has 29 heavy (non-hydrogen) atoms. The average Bonchev–Trinajstić information content (AvgIpc) is 3.31. The van der Waals surface area contributed by atoms with Gasteiger partial charge < -0.3 is 9.88 Å². The molecule has 0 aliphatic carbocycles. The first-order valence-corrected chi connectivity index (χ1v) is 10.3. The molecule has 1 saturated heterocycles. The molecule has 3 aromatic rings. The van der Waals surface area contributed by atoms with Gasteiger partial charge in [0.05, 0.1) is 0 Å². The number of hydrogen-bond donors (Lipinski definition) is 1. The fraction of sp³-hybridized carbons (Fsp3) is 0.318. The van der Waals surface area contributed by atoms with E-state index in [1.165, 1.54) is 0 Å². The number of nitrogens with zero attached hydrogens (tertiary/aromatic N) is 4. The summed E-state index contributed by atoms with van der Waals surface area (Å²) in [6, 6.07) is 17.5. The van der Waals surface area contributed by atoms with Crippen LogP contribution >= 0.6 is 11.6 Å². The second-order valence-electron chi connectivity index (χ2n) is 7.88. The fourth-order valence-corrected chi connectivity index (χ4v) is 4.69. The Hall–Kier alpha value is -2.70. The standard InChI is InChI=1S/C22H22ClN5O/c23-19-9-5-4-6-15(19)11-27-12-16-10-20-25-26-21(28(20)14-17(16)13-27)22(29)24-18-7-2-1-3-8-18/h1-9,16-17H,10-14H2,(H,24,29). The zero-order valence-electron chi connectivity index (χ0n) is 16.0. The number of carbonyl (C=O) groups excluding carboxylic acids is 1. The lowest BCUT2D eigenvalue weighted by Crippen LogP contribution is -2.31. The number of rotatable bonds is 4. The van der Waals surface area contributed by atoms with Gasteiger partial charge in [-0.25, -0.2) is 0 Å². The van der Waals surface area contributed by atoms with Crippen LogP contribution < -0.4 is 5.32 Å². The van der Waals surface area contributed by atoms with E-state index in [1.54, 1.807) is 0 Å². The van der Waals surface area contributed by atoms with Gasteiger partial charge in [-0.1, -0.05) is 48.0 Å². The lowest BCUT2D eigenvalue weighted by Gasteiger charge is -2.25. The van der Waals surface area contributed by atoms with Crippen LogP contribution in [0, 0.1) is 11.8 Å². The van der Waals surface area contributed by atoms with Gasteiger partial charge in [-0.3, -0.25) is 9.69 Å². The second kappa shape index (κ2) is 7.61. The van der Waals surface area contributed by atoms with Crippen molar-refractivity contribution in [1.82, 2.24) is 19.7 Å². The average molecular weight is 408 g/mol. The fourth-order valence-electron chi connectivity index (χ4n) is 4.49. The van der Waals surface area contributed by atoms with E-state index >= 15 is 0 Å². The summed E-state index contributed by atoms with van der Waals surface area (Å²) in [5, 5.41) is 12.2. The Morgan fingerprint density at radius 1 is 1.00 bits per heavy atom. The molecular formula is C22H22ClN5O. The van der Waals surface area contributed by atoms with E-state index in [1.807, 2.05) is 53.1 Å². The first-order valence-electron chi connectivity index (χ1n) is 9.91. The molecule has 7 heteroatoms. The molecule has 0 bridgehead atoms. The molecule has 1 amide bonds. The lowest BCUT2D eigenvalue weighted by molar-refractivity contribution is 0.100. The van der Waals surface area contributed by atoms with Crippen LogP contribution in [0.25, 0.3) is 0 Å². The molecule has 1 N–H and O–H groups in total. The second-order valence-corrected chi connectivity index (χ2v) is 8.29. The summed E-state index contributed by atoms with van der Waals surface area (Å²) in [5.41, 5.74) is 1.92. The van der Waals surface area contributed by atoms with Gasteiger partial charge in [-0.05, 0) is 35.6 Å². The summed E-state index contributed by atoms with van der Waals surface area (Å²) in [6.45, 7) is 3.65. The molecule has 0 spiro atoms. The first-order chi connectivity index (χ1) is 14.2. The van der Waals surface area contributed by atoms with Crippen LogP contribution in [0.4, 0.5) is 5.69 Å². The van der Waals surface area contributed by atoms with Gasteiger partial charge in [-0.2, -0.15) is 0 Å². The van der Waals surface area contributed by atoms with Crippen LogP contribution in [0.2, 0.25) is 5.02 Å². The molecule has 2 atom stereocenters. The van der Waals surface area contributed by atoms with Crippen LogP contribution in [-0.4, -0.2) is 38.7 Å². The number of fused-ring (bicyclic) bond motifs is 2. The highest BCUT2D eigenvalue weighted by molar-refractivity contribution is 6.31. The number of carbonyl (C=O) groups is 1. The number of amides is 1. The van der Waals surface area contributed by atoms with Crippen molar-refractivity contribution in [1.29, 1.82) is 0 Å². The SMILES string of the molecule is O=C(Nc1ccccc1)c1nnc2n1CC1CN(Cc3ccccc3Cl)CC1C2. The maximum absolute atomic E-state index is 12.7. The van der Waals surface area contributed by atoms with E-state index in [0.29, 0.717) is 17.7 Å². The van der Waals surface area contributed by atoms with Gasteiger partial charge in [-0.15, -0.1) is 10.2 Å². The third-order valence-electron chi connectivity index (χ3n) is 5.93. The number of aromatic nitrogens is 3. The van der Waals surface area contributed by atoms with Crippen molar-refractivity contribution in [3.8, 4) is 0 Å². The quantitative estimate of drug-likeness (QED) is 0.719. The van der Waals surface area contributed by atoms with E-state index < -0.39 is 0 Å². The Bertz CT molecular complexity index is 1030. The summed E-state index contributed by atoms with van der Waals surface area (Å²) in [5.74, 6) is 2.12. The van der Waals surface area contributed by atoms with E-state index in [-0.39, 0.29) is 5.91 Å². The van der Waals surface area contributed by atoms with Crippen LogP contribution in [0.5, 0.6) is 0 Å². The van der Waals surface area contributed by atoms with Crippen LogP contribution in [0.1, 0.15) is 22.0 Å². The Kier molecular flexibility index (Phi) is 4.81. The number of anilines is 1. The minimum absolute atomic E-state index is 0.209. The monoisotopic (exact) mass is 407 g/mol. The lowest BCUT2D eigenvalue weighted by atomic mass is 9.89. The van der Waals surface area contributed by atoms with Gasteiger partial charge in [0.25, 0.3) is 5.91 Å². The number of para-hydroxylation sites is 1. The predicted molar refractivity (Wildman–Crippen MR) is 112 cm³/mol. The van der Waals surface area contributed by atoms with E-state index in [0.717, 1.165) is 54.7 Å². The minimum Gasteiger partial charge on any atom is -0.319 e. The third kappa shape index (κ3) is 3.66. The normalized spacial score (nSPS) is 20.9. The Morgan fingerprint density at radius 2 is 1.76 bits per heavy atom. The molecule has 0 radical (unpaired) electrons. The third-order valence-corrected chi connectivity index (χ3v) is 6.30. The van der Waals surface area contributed by atoms with Crippen molar-refractivity contribution in [3.05, 3.63) is 76.8 Å². The summed E-state index contributed by atoms with van der Waals surface area (Å²) in [7, 11) is 0. The highest BCUT2D eigenvalue weighted by atomic mass is 35.5. The Labute approximate surface area is 174 Å². The molecule has 1 aromatic heterocycles. The van der Waals surface area contributed by atoms with E-state index in [2.05, 4.69) is 26.5 Å². The highest BCUT2D eigenvalue weighted by Crippen LogP contribution is 2.34. The Balaban J connectivity index is 1.29. The first kappa shape index (κ1) is 18.3. The number of likely N-dealkylation sites (tertiary alicyclic amines) is 1. The molecule has 148 valence electrons. The molecule has 3 heterocycles. The maximum Gasteiger partial charge on any atom is 0.293 e. The molecule has 0 saturated carbocycles. The number of halogens is 1. The summed E-state index contributed by atoms with van der Waals surface area (Å²) in [6.07, 6.45) is 0.856. The number of benzene rings is 2. The smallest absolute Gasteiger partial charge is 0.293 e. The maximum atomic E-state index is 12.7. The van der Waals surface area contributed by atoms with E-state index in [4.69, 9.17) is 11.6 Å². The van der Waals surface area contributed by atoms with Gasteiger partial charge in [0, 0.05) is 43.3 Å². The largest absolute Gasteiger partial charge is 0.319 e. The van der Waals surface area contributed by atoms with Gasteiger partial charge in [0.15, 0.2) is 0 Å². The molecule has 2 aliphatic heterocycles. The highest BCUT2D eigenvalue weighted by Gasteiger charge is 2.39. The molecular weight excluding hydrogens is 386 g/mol. The predicted octanol–water partition coefficient (Wildman–Crippen LogP) is 3.49. The van der Waals surface area contributed by atoms with Crippen LogP contribution in [0.3, 0.4) is 0 Å². The zero-order chi connectivity index (χ0) is 19.8. The molecule has 2 aromatic carbocycles. The number of hydrogen-bond acceptors (Lipinski definition) is 4. The number of nitrogens with one attached hydrogen (secondary N) is 1. The molecule has 2 unspecified atom stereocenters. The molecule has 6 nitrogen and oxygen atoms in total. The van der Waals surface area contributed by atoms with Crippen molar-refractivity contribution in [2.24, 2.45) is 11.8 Å². The summed E-state index contributed by atoms with van der Waals surface area (Å²) < 4.78 is 2.00. The van der Waals surface area contributed by atoms with Crippen molar-refractivity contribution < 1.29 is 4.79 Å².